The van der Waals surface area contributed by atoms with Crippen LogP contribution in [0.2, 0.25) is 0 Å². The Morgan fingerprint density at radius 1 is 1.04 bits per heavy atom. The van der Waals surface area contributed by atoms with Gasteiger partial charge in [0.1, 0.15) is 0 Å². The molecule has 0 aliphatic carbocycles. The van der Waals surface area contributed by atoms with E-state index in [1.165, 1.54) is 16.4 Å². The molecule has 2 aromatic carbocycles. The van der Waals surface area contributed by atoms with Crippen LogP contribution in [0.15, 0.2) is 53.4 Å². The summed E-state index contributed by atoms with van der Waals surface area (Å²) in [4.78, 5) is 12.3. The lowest BCUT2D eigenvalue weighted by Gasteiger charge is -2.25. The second kappa shape index (κ2) is 8.87. The number of hydrogen-bond acceptors (Lipinski definition) is 5. The molecule has 0 unspecified atom stereocenters. The number of nitrogens with one attached hydrogen (secondary N) is 2. The van der Waals surface area contributed by atoms with Crippen LogP contribution in [0.5, 0.6) is 0 Å². The van der Waals surface area contributed by atoms with Gasteiger partial charge in [0.25, 0.3) is 0 Å². The van der Waals surface area contributed by atoms with Gasteiger partial charge in [0, 0.05) is 24.5 Å². The Kier molecular flexibility index (Phi) is 6.29. The van der Waals surface area contributed by atoms with Crippen LogP contribution in [0.4, 0.5) is 11.4 Å². The fourth-order valence-corrected chi connectivity index (χ4v) is 4.57. The molecular formula is C20H22N4O3S. The van der Waals surface area contributed by atoms with E-state index >= 15 is 0 Å². The minimum absolute atomic E-state index is 0.0305. The average molecular weight is 398 g/mol. The summed E-state index contributed by atoms with van der Waals surface area (Å²) >= 11 is 0. The molecule has 7 nitrogen and oxygen atoms in total. The van der Waals surface area contributed by atoms with Gasteiger partial charge < -0.3 is 10.6 Å². The van der Waals surface area contributed by atoms with Gasteiger partial charge in [-0.2, -0.15) is 9.57 Å². The average Bonchev–Trinajstić information content (AvgIpc) is 2.73. The zero-order chi connectivity index (χ0) is 20.0. The van der Waals surface area contributed by atoms with Gasteiger partial charge >= 0.3 is 0 Å². The summed E-state index contributed by atoms with van der Waals surface area (Å²) in [7, 11) is -3.48. The molecule has 8 heteroatoms. The topological polar surface area (TPSA) is 102 Å². The number of carbonyl (C=O) groups is 1. The maximum atomic E-state index is 12.6. The summed E-state index contributed by atoms with van der Waals surface area (Å²) in [5, 5.41) is 14.6. The Hall–Kier alpha value is -2.89. The van der Waals surface area contributed by atoms with Crippen LogP contribution in [-0.4, -0.2) is 38.3 Å². The zero-order valence-corrected chi connectivity index (χ0v) is 16.2. The highest BCUT2D eigenvalue weighted by Gasteiger charge is 2.25. The molecule has 1 aliphatic heterocycles. The monoisotopic (exact) mass is 398 g/mol. The first-order valence-corrected chi connectivity index (χ1v) is 10.6. The molecule has 1 saturated heterocycles. The van der Waals surface area contributed by atoms with Crippen molar-refractivity contribution in [1.82, 2.24) is 4.31 Å². The summed E-state index contributed by atoms with van der Waals surface area (Å²) in [5.41, 5.74) is 1.71. The van der Waals surface area contributed by atoms with E-state index in [0.29, 0.717) is 30.0 Å². The predicted molar refractivity (Wildman–Crippen MR) is 107 cm³/mol. The molecular weight excluding hydrogens is 376 g/mol. The fourth-order valence-electron chi connectivity index (χ4n) is 3.05. The third kappa shape index (κ3) is 4.88. The molecule has 0 radical (unpaired) electrons. The van der Waals surface area contributed by atoms with Gasteiger partial charge in [-0.25, -0.2) is 8.42 Å². The number of piperidine rings is 1. The van der Waals surface area contributed by atoms with E-state index in [2.05, 4.69) is 10.6 Å². The molecule has 3 rings (SSSR count). The number of hydrogen-bond donors (Lipinski definition) is 2. The van der Waals surface area contributed by atoms with E-state index in [0.717, 1.165) is 19.3 Å². The molecule has 146 valence electrons. The molecule has 2 N–H and O–H groups in total. The Balaban J connectivity index is 1.57. The van der Waals surface area contributed by atoms with Crippen molar-refractivity contribution < 1.29 is 13.2 Å². The van der Waals surface area contributed by atoms with E-state index in [1.54, 1.807) is 36.4 Å². The van der Waals surface area contributed by atoms with Crippen molar-refractivity contribution in [3.8, 4) is 6.07 Å². The number of rotatable bonds is 6. The molecule has 2 aromatic rings. The second-order valence-electron chi connectivity index (χ2n) is 6.58. The number of benzene rings is 2. The van der Waals surface area contributed by atoms with Crippen LogP contribution in [0.25, 0.3) is 0 Å². The lowest BCUT2D eigenvalue weighted by molar-refractivity contribution is -0.114. The van der Waals surface area contributed by atoms with Gasteiger partial charge in [0.2, 0.25) is 15.9 Å². The van der Waals surface area contributed by atoms with Crippen LogP contribution in [0, 0.1) is 11.3 Å². The first-order valence-electron chi connectivity index (χ1n) is 9.13. The number of anilines is 2. The van der Waals surface area contributed by atoms with Crippen molar-refractivity contribution in [1.29, 1.82) is 5.26 Å². The van der Waals surface area contributed by atoms with Crippen molar-refractivity contribution in [2.75, 3.05) is 30.3 Å². The predicted octanol–water partition coefficient (Wildman–Crippen LogP) is 2.78. The SMILES string of the molecule is N#Cc1cccc(NCC(=O)Nc2ccc(S(=O)(=O)N3CCCCC3)cc2)c1. The Morgan fingerprint density at radius 3 is 2.43 bits per heavy atom. The minimum atomic E-state index is -3.48. The van der Waals surface area contributed by atoms with Gasteiger partial charge in [-0.05, 0) is 55.3 Å². The minimum Gasteiger partial charge on any atom is -0.376 e. The molecule has 1 amide bonds. The van der Waals surface area contributed by atoms with Gasteiger partial charge in [0.05, 0.1) is 23.1 Å². The summed E-state index contributed by atoms with van der Waals surface area (Å²) < 4.78 is 26.8. The Bertz CT molecular complexity index is 975. The van der Waals surface area contributed by atoms with Crippen molar-refractivity contribution in [3.63, 3.8) is 0 Å². The van der Waals surface area contributed by atoms with Crippen molar-refractivity contribution in [2.24, 2.45) is 0 Å². The van der Waals surface area contributed by atoms with Crippen LogP contribution >= 0.6 is 0 Å². The number of amides is 1. The molecule has 0 bridgehead atoms. The number of carbonyl (C=O) groups excluding carboxylic acids is 1. The van der Waals surface area contributed by atoms with E-state index in [-0.39, 0.29) is 17.3 Å². The second-order valence-corrected chi connectivity index (χ2v) is 8.52. The maximum absolute atomic E-state index is 12.6. The molecule has 1 fully saturated rings. The third-order valence-electron chi connectivity index (χ3n) is 4.54. The molecule has 0 atom stereocenters. The Morgan fingerprint density at radius 2 is 1.75 bits per heavy atom. The van der Waals surface area contributed by atoms with E-state index in [9.17, 15) is 13.2 Å². The van der Waals surface area contributed by atoms with E-state index in [4.69, 9.17) is 5.26 Å². The largest absolute Gasteiger partial charge is 0.376 e. The van der Waals surface area contributed by atoms with Crippen molar-refractivity contribution >= 4 is 27.3 Å². The van der Waals surface area contributed by atoms with Crippen LogP contribution in [-0.2, 0) is 14.8 Å². The number of nitrogens with zero attached hydrogens (tertiary/aromatic N) is 2. The Labute approximate surface area is 165 Å². The van der Waals surface area contributed by atoms with Crippen molar-refractivity contribution in [2.45, 2.75) is 24.2 Å². The summed E-state index contributed by atoms with van der Waals surface area (Å²) in [6, 6.07) is 15.1. The first kappa shape index (κ1) is 19.9. The van der Waals surface area contributed by atoms with E-state index in [1.807, 2.05) is 6.07 Å². The van der Waals surface area contributed by atoms with Gasteiger partial charge in [-0.1, -0.05) is 12.5 Å². The lowest BCUT2D eigenvalue weighted by atomic mass is 10.2. The molecule has 0 spiro atoms. The highest BCUT2D eigenvalue weighted by molar-refractivity contribution is 7.89. The molecule has 0 saturated carbocycles. The van der Waals surface area contributed by atoms with Gasteiger partial charge in [-0.3, -0.25) is 4.79 Å². The highest BCUT2D eigenvalue weighted by Crippen LogP contribution is 2.22. The normalized spacial score (nSPS) is 14.8. The first-order chi connectivity index (χ1) is 13.5. The zero-order valence-electron chi connectivity index (χ0n) is 15.4. The lowest BCUT2D eigenvalue weighted by Crippen LogP contribution is -2.35. The van der Waals surface area contributed by atoms with Crippen molar-refractivity contribution in [3.05, 3.63) is 54.1 Å². The summed E-state index contributed by atoms with van der Waals surface area (Å²) in [6.45, 7) is 1.14. The number of sulfonamides is 1. The van der Waals surface area contributed by atoms with Crippen LogP contribution in [0.1, 0.15) is 24.8 Å². The standard InChI is InChI=1S/C20H22N4O3S/c21-14-16-5-4-6-18(13-16)22-15-20(25)23-17-7-9-19(10-8-17)28(26,27)24-11-2-1-3-12-24/h4-10,13,22H,1-3,11-12,15H2,(H,23,25). The third-order valence-corrected chi connectivity index (χ3v) is 6.45. The van der Waals surface area contributed by atoms with Gasteiger partial charge in [0.15, 0.2) is 0 Å². The molecule has 0 aromatic heterocycles. The molecule has 1 aliphatic rings. The highest BCUT2D eigenvalue weighted by atomic mass is 32.2. The van der Waals surface area contributed by atoms with Gasteiger partial charge in [-0.15, -0.1) is 0 Å². The van der Waals surface area contributed by atoms with Crippen LogP contribution in [0.3, 0.4) is 0 Å². The van der Waals surface area contributed by atoms with E-state index < -0.39 is 10.0 Å². The fraction of sp³-hybridized carbons (Fsp3) is 0.300. The smallest absolute Gasteiger partial charge is 0.243 e. The summed E-state index contributed by atoms with van der Waals surface area (Å²) in [5.74, 6) is -0.269. The maximum Gasteiger partial charge on any atom is 0.243 e. The molecule has 1 heterocycles. The summed E-state index contributed by atoms with van der Waals surface area (Å²) in [6.07, 6.45) is 2.83. The molecule has 28 heavy (non-hydrogen) atoms. The van der Waals surface area contributed by atoms with Crippen LogP contribution < -0.4 is 10.6 Å². The quantitative estimate of drug-likeness (QED) is 0.779. The number of nitriles is 1.